The molecule has 0 saturated carbocycles. The predicted octanol–water partition coefficient (Wildman–Crippen LogP) is 3.00. The Hall–Kier alpha value is -1.29. The van der Waals surface area contributed by atoms with E-state index in [0.717, 1.165) is 24.6 Å². The molecule has 1 aromatic rings. The lowest BCUT2D eigenvalue weighted by atomic mass is 10.1. The second-order valence-corrected chi connectivity index (χ2v) is 5.80. The van der Waals surface area contributed by atoms with E-state index in [1.165, 1.54) is 37.2 Å². The van der Waals surface area contributed by atoms with Crippen LogP contribution in [0.1, 0.15) is 31.7 Å². The van der Waals surface area contributed by atoms with Crippen LogP contribution in [-0.4, -0.2) is 36.7 Å². The van der Waals surface area contributed by atoms with Gasteiger partial charge in [-0.05, 0) is 43.1 Å². The molecule has 0 aliphatic carbocycles. The van der Waals surface area contributed by atoms with Crippen molar-refractivity contribution in [3.05, 3.63) is 29.8 Å². The molecule has 110 valence electrons. The molecule has 1 aromatic carbocycles. The number of nitrogens with one attached hydrogen (secondary N) is 1. The van der Waals surface area contributed by atoms with Gasteiger partial charge in [0, 0.05) is 38.9 Å². The van der Waals surface area contributed by atoms with E-state index in [2.05, 4.69) is 53.4 Å². The van der Waals surface area contributed by atoms with Crippen LogP contribution in [-0.2, 0) is 6.54 Å². The number of thiocarbonyl (C=S) groups is 1. The average Bonchev–Trinajstić information content (AvgIpc) is 2.99. The van der Waals surface area contributed by atoms with E-state index in [0.29, 0.717) is 0 Å². The molecule has 1 saturated heterocycles. The van der Waals surface area contributed by atoms with Gasteiger partial charge in [-0.1, -0.05) is 25.1 Å². The van der Waals surface area contributed by atoms with Gasteiger partial charge in [0.15, 0.2) is 5.11 Å². The van der Waals surface area contributed by atoms with E-state index >= 15 is 0 Å². The molecule has 0 atom stereocenters. The second kappa shape index (κ2) is 7.48. The fraction of sp³-hybridized carbons (Fsp3) is 0.562. The van der Waals surface area contributed by atoms with Crippen molar-refractivity contribution in [2.75, 3.05) is 31.6 Å². The Morgan fingerprint density at radius 1 is 1.30 bits per heavy atom. The summed E-state index contributed by atoms with van der Waals surface area (Å²) in [6, 6.07) is 8.69. The van der Waals surface area contributed by atoms with Gasteiger partial charge in [-0.15, -0.1) is 0 Å². The van der Waals surface area contributed by atoms with Gasteiger partial charge in [0.05, 0.1) is 0 Å². The quantitative estimate of drug-likeness (QED) is 0.840. The zero-order chi connectivity index (χ0) is 14.4. The van der Waals surface area contributed by atoms with Crippen LogP contribution in [0.3, 0.4) is 0 Å². The lowest BCUT2D eigenvalue weighted by molar-refractivity contribution is 0.488. The van der Waals surface area contributed by atoms with Crippen LogP contribution < -0.4 is 10.2 Å². The zero-order valence-electron chi connectivity index (χ0n) is 12.6. The molecule has 1 fully saturated rings. The maximum atomic E-state index is 5.42. The van der Waals surface area contributed by atoms with Crippen molar-refractivity contribution in [2.24, 2.45) is 0 Å². The lowest BCUT2D eigenvalue weighted by Gasteiger charge is -2.26. The van der Waals surface area contributed by atoms with Gasteiger partial charge >= 0.3 is 0 Å². The molecule has 0 amide bonds. The number of para-hydroxylation sites is 1. The molecular weight excluding hydrogens is 266 g/mol. The van der Waals surface area contributed by atoms with Crippen LogP contribution in [0.4, 0.5) is 5.69 Å². The highest BCUT2D eigenvalue weighted by molar-refractivity contribution is 7.80. The summed E-state index contributed by atoms with van der Waals surface area (Å²) in [6.07, 6.45) is 3.71. The summed E-state index contributed by atoms with van der Waals surface area (Å²) >= 11 is 5.42. The Kier molecular flexibility index (Phi) is 5.65. The normalized spacial score (nSPS) is 14.4. The van der Waals surface area contributed by atoms with Crippen molar-refractivity contribution >= 4 is 23.0 Å². The SMILES string of the molecule is CCCNC(=S)N(C)Cc1ccccc1N1CCCC1. The number of anilines is 1. The van der Waals surface area contributed by atoms with E-state index in [-0.39, 0.29) is 0 Å². The summed E-state index contributed by atoms with van der Waals surface area (Å²) in [5, 5.41) is 4.12. The maximum Gasteiger partial charge on any atom is 0.168 e. The molecule has 20 heavy (non-hydrogen) atoms. The standard InChI is InChI=1S/C16H25N3S/c1-3-10-17-16(20)18(2)13-14-8-4-5-9-15(14)19-11-6-7-12-19/h4-5,8-9H,3,6-7,10-13H2,1-2H3,(H,17,20). The molecule has 1 heterocycles. The van der Waals surface area contributed by atoms with Crippen LogP contribution in [0.2, 0.25) is 0 Å². The molecule has 2 rings (SSSR count). The minimum Gasteiger partial charge on any atom is -0.371 e. The van der Waals surface area contributed by atoms with Gasteiger partial charge in [0.2, 0.25) is 0 Å². The number of benzene rings is 1. The minimum atomic E-state index is 0.836. The third-order valence-corrected chi connectivity index (χ3v) is 4.17. The summed E-state index contributed by atoms with van der Waals surface area (Å²) in [4.78, 5) is 4.62. The van der Waals surface area contributed by atoms with E-state index in [4.69, 9.17) is 12.2 Å². The predicted molar refractivity (Wildman–Crippen MR) is 90.2 cm³/mol. The van der Waals surface area contributed by atoms with E-state index in [9.17, 15) is 0 Å². The third kappa shape index (κ3) is 3.85. The van der Waals surface area contributed by atoms with E-state index in [1.54, 1.807) is 0 Å². The van der Waals surface area contributed by atoms with Crippen LogP contribution in [0.15, 0.2) is 24.3 Å². The van der Waals surface area contributed by atoms with Gasteiger partial charge in [-0.2, -0.15) is 0 Å². The van der Waals surface area contributed by atoms with E-state index in [1.807, 2.05) is 0 Å². The number of nitrogens with zero attached hydrogens (tertiary/aromatic N) is 2. The van der Waals surface area contributed by atoms with Crippen molar-refractivity contribution in [1.29, 1.82) is 0 Å². The summed E-state index contributed by atoms with van der Waals surface area (Å²) in [5.41, 5.74) is 2.73. The van der Waals surface area contributed by atoms with Crippen molar-refractivity contribution in [1.82, 2.24) is 10.2 Å². The van der Waals surface area contributed by atoms with Crippen molar-refractivity contribution in [3.63, 3.8) is 0 Å². The number of hydrogen-bond acceptors (Lipinski definition) is 2. The Morgan fingerprint density at radius 3 is 2.70 bits per heavy atom. The molecule has 1 N–H and O–H groups in total. The molecule has 0 radical (unpaired) electrons. The zero-order valence-corrected chi connectivity index (χ0v) is 13.4. The summed E-state index contributed by atoms with van der Waals surface area (Å²) in [7, 11) is 2.06. The summed E-state index contributed by atoms with van der Waals surface area (Å²) < 4.78 is 0. The topological polar surface area (TPSA) is 18.5 Å². The van der Waals surface area contributed by atoms with Gasteiger partial charge in [-0.25, -0.2) is 0 Å². The van der Waals surface area contributed by atoms with Gasteiger partial charge in [0.25, 0.3) is 0 Å². The summed E-state index contributed by atoms with van der Waals surface area (Å²) in [6.45, 7) is 6.32. The highest BCUT2D eigenvalue weighted by Crippen LogP contribution is 2.25. The first-order chi connectivity index (χ1) is 9.72. The molecular formula is C16H25N3S. The van der Waals surface area contributed by atoms with Gasteiger partial charge in [-0.3, -0.25) is 0 Å². The largest absolute Gasteiger partial charge is 0.371 e. The number of rotatable bonds is 5. The fourth-order valence-corrected chi connectivity index (χ4v) is 2.77. The van der Waals surface area contributed by atoms with Crippen molar-refractivity contribution < 1.29 is 0 Å². The Morgan fingerprint density at radius 2 is 2.00 bits per heavy atom. The smallest absolute Gasteiger partial charge is 0.168 e. The number of hydrogen-bond donors (Lipinski definition) is 1. The van der Waals surface area contributed by atoms with Gasteiger partial charge < -0.3 is 15.1 Å². The molecule has 0 aromatic heterocycles. The third-order valence-electron chi connectivity index (χ3n) is 3.72. The first-order valence-electron chi connectivity index (χ1n) is 7.54. The monoisotopic (exact) mass is 291 g/mol. The molecule has 4 heteroatoms. The Balaban J connectivity index is 2.03. The molecule has 0 spiro atoms. The Labute approximate surface area is 128 Å². The average molecular weight is 291 g/mol. The minimum absolute atomic E-state index is 0.836. The van der Waals surface area contributed by atoms with Gasteiger partial charge in [0.1, 0.15) is 0 Å². The molecule has 0 unspecified atom stereocenters. The molecule has 1 aliphatic rings. The van der Waals surface area contributed by atoms with Crippen LogP contribution in [0.5, 0.6) is 0 Å². The van der Waals surface area contributed by atoms with Crippen LogP contribution >= 0.6 is 12.2 Å². The van der Waals surface area contributed by atoms with E-state index < -0.39 is 0 Å². The van der Waals surface area contributed by atoms with Crippen molar-refractivity contribution in [2.45, 2.75) is 32.7 Å². The first kappa shape index (κ1) is 15.1. The molecule has 0 bridgehead atoms. The maximum absolute atomic E-state index is 5.42. The Bertz CT molecular complexity index is 441. The van der Waals surface area contributed by atoms with Crippen LogP contribution in [0.25, 0.3) is 0 Å². The second-order valence-electron chi connectivity index (χ2n) is 5.41. The van der Waals surface area contributed by atoms with Crippen molar-refractivity contribution in [3.8, 4) is 0 Å². The highest BCUT2D eigenvalue weighted by Gasteiger charge is 2.16. The summed E-state index contributed by atoms with van der Waals surface area (Å²) in [5.74, 6) is 0. The fourth-order valence-electron chi connectivity index (χ4n) is 2.61. The van der Waals surface area contributed by atoms with Crippen LogP contribution in [0, 0.1) is 0 Å². The molecule has 1 aliphatic heterocycles. The highest BCUT2D eigenvalue weighted by atomic mass is 32.1. The first-order valence-corrected chi connectivity index (χ1v) is 7.95. The molecule has 3 nitrogen and oxygen atoms in total. The lowest BCUT2D eigenvalue weighted by Crippen LogP contribution is -2.37.